The summed E-state index contributed by atoms with van der Waals surface area (Å²) in [5.41, 5.74) is 0.580. The molecule has 15 heavy (non-hydrogen) atoms. The Bertz CT molecular complexity index is 340. The van der Waals surface area contributed by atoms with Gasteiger partial charge < -0.3 is 14.7 Å². The van der Waals surface area contributed by atoms with Crippen molar-refractivity contribution < 1.29 is 9.32 Å². The molecule has 0 aromatic carbocycles. The molecule has 0 atom stereocenters. The third kappa shape index (κ3) is 2.18. The highest BCUT2D eigenvalue weighted by Crippen LogP contribution is 2.10. The lowest BCUT2D eigenvalue weighted by Gasteiger charge is -2.18. The second-order valence-corrected chi connectivity index (χ2v) is 3.69. The number of rotatable bonds is 1. The maximum Gasteiger partial charge on any atom is 0.259 e. The highest BCUT2D eigenvalue weighted by atomic mass is 16.5. The molecule has 0 aliphatic carbocycles. The van der Waals surface area contributed by atoms with Gasteiger partial charge in [0.15, 0.2) is 0 Å². The van der Waals surface area contributed by atoms with Crippen LogP contribution in [0.3, 0.4) is 0 Å². The van der Waals surface area contributed by atoms with Gasteiger partial charge in [0.25, 0.3) is 5.91 Å². The van der Waals surface area contributed by atoms with Crippen molar-refractivity contribution in [3.05, 3.63) is 17.5 Å². The Labute approximate surface area is 88.4 Å². The molecule has 5 nitrogen and oxygen atoms in total. The fourth-order valence-electron chi connectivity index (χ4n) is 1.72. The zero-order chi connectivity index (χ0) is 10.7. The molecule has 82 valence electrons. The molecule has 0 bridgehead atoms. The summed E-state index contributed by atoms with van der Waals surface area (Å²) in [5.74, 6) is 0.620. The smallest absolute Gasteiger partial charge is 0.259 e. The number of carbonyl (C=O) groups excluding carboxylic acids is 1. The molecule has 1 aliphatic heterocycles. The number of hydrogen-bond donors (Lipinski definition) is 1. The number of hydrogen-bond acceptors (Lipinski definition) is 4. The Balaban J connectivity index is 2.09. The lowest BCUT2D eigenvalue weighted by atomic mass is 10.2. The van der Waals surface area contributed by atoms with Gasteiger partial charge in [-0.25, -0.2) is 0 Å². The predicted molar refractivity (Wildman–Crippen MR) is 54.6 cm³/mol. The summed E-state index contributed by atoms with van der Waals surface area (Å²) in [6.07, 6.45) is 2.49. The van der Waals surface area contributed by atoms with Crippen molar-refractivity contribution in [2.75, 3.05) is 26.2 Å². The fraction of sp³-hybridized carbons (Fsp3) is 0.600. The molecular weight excluding hydrogens is 194 g/mol. The Kier molecular flexibility index (Phi) is 3.01. The van der Waals surface area contributed by atoms with Gasteiger partial charge in [0, 0.05) is 19.6 Å². The van der Waals surface area contributed by atoms with Crippen LogP contribution in [-0.2, 0) is 0 Å². The van der Waals surface area contributed by atoms with Crippen molar-refractivity contribution in [2.45, 2.75) is 13.3 Å². The van der Waals surface area contributed by atoms with Gasteiger partial charge in [0.1, 0.15) is 11.3 Å². The number of aromatic nitrogens is 1. The molecule has 0 saturated carbocycles. The monoisotopic (exact) mass is 209 g/mol. The largest absolute Gasteiger partial charge is 0.361 e. The average Bonchev–Trinajstić information content (AvgIpc) is 2.53. The van der Waals surface area contributed by atoms with Crippen molar-refractivity contribution in [1.82, 2.24) is 15.4 Å². The Morgan fingerprint density at radius 3 is 3.13 bits per heavy atom. The van der Waals surface area contributed by atoms with E-state index in [9.17, 15) is 4.79 Å². The summed E-state index contributed by atoms with van der Waals surface area (Å²) in [4.78, 5) is 13.9. The third-order valence-corrected chi connectivity index (χ3v) is 2.61. The molecule has 0 spiro atoms. The van der Waals surface area contributed by atoms with Crippen LogP contribution in [0.4, 0.5) is 0 Å². The molecule has 1 amide bonds. The van der Waals surface area contributed by atoms with Crippen molar-refractivity contribution in [3.8, 4) is 0 Å². The third-order valence-electron chi connectivity index (χ3n) is 2.61. The zero-order valence-electron chi connectivity index (χ0n) is 8.82. The van der Waals surface area contributed by atoms with Crippen LogP contribution in [0.25, 0.3) is 0 Å². The number of aryl methyl sites for hydroxylation is 1. The normalized spacial score (nSPS) is 17.5. The highest BCUT2D eigenvalue weighted by molar-refractivity contribution is 5.94. The molecular formula is C10H15N3O2. The van der Waals surface area contributed by atoms with E-state index in [1.165, 1.54) is 6.20 Å². The van der Waals surface area contributed by atoms with Gasteiger partial charge in [-0.3, -0.25) is 4.79 Å². The van der Waals surface area contributed by atoms with Crippen LogP contribution in [0, 0.1) is 6.92 Å². The first kappa shape index (κ1) is 10.2. The summed E-state index contributed by atoms with van der Waals surface area (Å²) in [6.45, 7) is 5.15. The maximum absolute atomic E-state index is 12.0. The molecule has 2 rings (SSSR count). The summed E-state index contributed by atoms with van der Waals surface area (Å²) < 4.78 is 4.89. The molecule has 5 heteroatoms. The summed E-state index contributed by atoms with van der Waals surface area (Å²) in [7, 11) is 0. The first-order chi connectivity index (χ1) is 7.29. The van der Waals surface area contributed by atoms with Gasteiger partial charge in [-0.05, 0) is 19.9 Å². The molecule has 2 heterocycles. The lowest BCUT2D eigenvalue weighted by Crippen LogP contribution is -2.34. The van der Waals surface area contributed by atoms with Crippen molar-refractivity contribution in [3.63, 3.8) is 0 Å². The van der Waals surface area contributed by atoms with Gasteiger partial charge in [0.2, 0.25) is 0 Å². The lowest BCUT2D eigenvalue weighted by molar-refractivity contribution is 0.0764. The minimum absolute atomic E-state index is 0.0254. The van der Waals surface area contributed by atoms with E-state index in [0.29, 0.717) is 11.3 Å². The number of nitrogens with one attached hydrogen (secondary N) is 1. The molecule has 1 fully saturated rings. The first-order valence-corrected chi connectivity index (χ1v) is 5.20. The van der Waals surface area contributed by atoms with E-state index in [0.717, 1.165) is 32.6 Å². The van der Waals surface area contributed by atoms with Gasteiger partial charge >= 0.3 is 0 Å². The van der Waals surface area contributed by atoms with Crippen LogP contribution in [0.15, 0.2) is 10.7 Å². The quantitative estimate of drug-likeness (QED) is 0.728. The van der Waals surface area contributed by atoms with Crippen molar-refractivity contribution in [2.24, 2.45) is 0 Å². The van der Waals surface area contributed by atoms with E-state index in [1.807, 2.05) is 4.90 Å². The molecule has 1 aromatic rings. The Morgan fingerprint density at radius 1 is 1.53 bits per heavy atom. The Hall–Kier alpha value is -1.36. The van der Waals surface area contributed by atoms with Crippen molar-refractivity contribution in [1.29, 1.82) is 0 Å². The summed E-state index contributed by atoms with van der Waals surface area (Å²) >= 11 is 0. The fourth-order valence-corrected chi connectivity index (χ4v) is 1.72. The van der Waals surface area contributed by atoms with E-state index >= 15 is 0 Å². The van der Waals surface area contributed by atoms with Gasteiger partial charge in [-0.15, -0.1) is 0 Å². The second kappa shape index (κ2) is 4.44. The van der Waals surface area contributed by atoms with Gasteiger partial charge in [-0.2, -0.15) is 0 Å². The van der Waals surface area contributed by atoms with Crippen LogP contribution in [0.1, 0.15) is 22.5 Å². The van der Waals surface area contributed by atoms with Crippen molar-refractivity contribution >= 4 is 5.91 Å². The minimum Gasteiger partial charge on any atom is -0.361 e. The van der Waals surface area contributed by atoms with Crippen LogP contribution in [0.5, 0.6) is 0 Å². The predicted octanol–water partition coefficient (Wildman–Crippen LogP) is 0.419. The molecule has 1 aliphatic rings. The average molecular weight is 209 g/mol. The van der Waals surface area contributed by atoms with E-state index in [2.05, 4.69) is 10.5 Å². The topological polar surface area (TPSA) is 58.4 Å². The maximum atomic E-state index is 12.0. The summed E-state index contributed by atoms with van der Waals surface area (Å²) in [6, 6.07) is 0. The van der Waals surface area contributed by atoms with Crippen LogP contribution in [0.2, 0.25) is 0 Å². The molecule has 1 aromatic heterocycles. The number of nitrogens with zero attached hydrogens (tertiary/aromatic N) is 2. The van der Waals surface area contributed by atoms with E-state index in [4.69, 9.17) is 4.52 Å². The summed E-state index contributed by atoms with van der Waals surface area (Å²) in [5, 5.41) is 6.88. The second-order valence-electron chi connectivity index (χ2n) is 3.69. The zero-order valence-corrected chi connectivity index (χ0v) is 8.82. The molecule has 1 saturated heterocycles. The minimum atomic E-state index is 0.0254. The van der Waals surface area contributed by atoms with Gasteiger partial charge in [0.05, 0.1) is 6.20 Å². The Morgan fingerprint density at radius 2 is 2.40 bits per heavy atom. The van der Waals surface area contributed by atoms with E-state index in [1.54, 1.807) is 6.92 Å². The highest BCUT2D eigenvalue weighted by Gasteiger charge is 2.20. The molecule has 1 N–H and O–H groups in total. The van der Waals surface area contributed by atoms with Crippen LogP contribution < -0.4 is 5.32 Å². The molecule has 0 unspecified atom stereocenters. The van der Waals surface area contributed by atoms with Crippen LogP contribution in [-0.4, -0.2) is 42.1 Å². The number of amides is 1. The van der Waals surface area contributed by atoms with E-state index in [-0.39, 0.29) is 5.91 Å². The first-order valence-electron chi connectivity index (χ1n) is 5.20. The van der Waals surface area contributed by atoms with Gasteiger partial charge in [-0.1, -0.05) is 5.16 Å². The number of carbonyl (C=O) groups is 1. The standard InChI is InChI=1S/C10H15N3O2/c1-8-9(7-12-15-8)10(14)13-5-2-3-11-4-6-13/h7,11H,2-6H2,1H3. The molecule has 0 radical (unpaired) electrons. The SMILES string of the molecule is Cc1oncc1C(=O)N1CCCNCC1. The van der Waals surface area contributed by atoms with E-state index < -0.39 is 0 Å². The van der Waals surface area contributed by atoms with Crippen LogP contribution >= 0.6 is 0 Å².